The van der Waals surface area contributed by atoms with Crippen molar-refractivity contribution in [3.05, 3.63) is 58.6 Å². The normalized spacial score (nSPS) is 11.1. The third-order valence-corrected chi connectivity index (χ3v) is 4.74. The predicted octanol–water partition coefficient (Wildman–Crippen LogP) is 3.66. The van der Waals surface area contributed by atoms with Gasteiger partial charge < -0.3 is 5.32 Å². The molecule has 0 radical (unpaired) electrons. The number of hydrogen-bond acceptors (Lipinski definition) is 3. The number of carbonyl (C=O) groups excluding carboxylic acids is 1. The van der Waals surface area contributed by atoms with Crippen LogP contribution >= 0.6 is 11.6 Å². The summed E-state index contributed by atoms with van der Waals surface area (Å²) in [6.07, 6.45) is 0. The molecule has 23 heavy (non-hydrogen) atoms. The van der Waals surface area contributed by atoms with Gasteiger partial charge in [0.25, 0.3) is 5.91 Å². The fourth-order valence-corrected chi connectivity index (χ4v) is 2.83. The van der Waals surface area contributed by atoms with E-state index in [1.807, 2.05) is 0 Å². The summed E-state index contributed by atoms with van der Waals surface area (Å²) in [5.41, 5.74) is 2.23. The molecular weight excluding hydrogens is 336 g/mol. The molecule has 0 aromatic heterocycles. The van der Waals surface area contributed by atoms with Crippen LogP contribution in [0.25, 0.3) is 0 Å². The zero-order chi connectivity index (χ0) is 17.0. The second kappa shape index (κ2) is 7.02. The molecule has 0 atom stereocenters. The van der Waals surface area contributed by atoms with Crippen molar-refractivity contribution in [3.8, 4) is 0 Å². The van der Waals surface area contributed by atoms with Crippen LogP contribution in [0.4, 0.5) is 11.4 Å². The van der Waals surface area contributed by atoms with Crippen molar-refractivity contribution in [2.75, 3.05) is 15.8 Å². The number of benzene rings is 2. The van der Waals surface area contributed by atoms with Gasteiger partial charge in [-0.2, -0.15) is 0 Å². The number of anilines is 2. The maximum Gasteiger partial charge on any atom is 0.255 e. The van der Waals surface area contributed by atoms with Crippen molar-refractivity contribution in [2.45, 2.75) is 13.8 Å². The molecule has 0 saturated heterocycles. The minimum atomic E-state index is -3.33. The molecule has 0 unspecified atom stereocenters. The average molecular weight is 353 g/mol. The van der Waals surface area contributed by atoms with Crippen LogP contribution in [0, 0.1) is 6.92 Å². The van der Waals surface area contributed by atoms with Crippen molar-refractivity contribution >= 4 is 38.9 Å². The largest absolute Gasteiger partial charge is 0.322 e. The summed E-state index contributed by atoms with van der Waals surface area (Å²) in [5.74, 6) is -0.284. The summed E-state index contributed by atoms with van der Waals surface area (Å²) in [7, 11) is -3.33. The number of aryl methyl sites for hydroxylation is 1. The molecule has 122 valence electrons. The molecule has 0 bridgehead atoms. The Labute approximate surface area is 140 Å². The van der Waals surface area contributed by atoms with Crippen LogP contribution in [-0.2, 0) is 10.0 Å². The lowest BCUT2D eigenvalue weighted by Gasteiger charge is -2.12. The van der Waals surface area contributed by atoms with Gasteiger partial charge >= 0.3 is 0 Å². The zero-order valence-corrected chi connectivity index (χ0v) is 14.3. The van der Waals surface area contributed by atoms with Gasteiger partial charge in [-0.15, -0.1) is 0 Å². The van der Waals surface area contributed by atoms with Gasteiger partial charge in [-0.3, -0.25) is 9.52 Å². The maximum absolute atomic E-state index is 12.2. The first-order valence-electron chi connectivity index (χ1n) is 6.99. The molecule has 0 heterocycles. The molecule has 0 aliphatic heterocycles. The number of hydrogen-bond donors (Lipinski definition) is 2. The Bertz CT molecular complexity index is 835. The number of carbonyl (C=O) groups is 1. The summed E-state index contributed by atoms with van der Waals surface area (Å²) in [4.78, 5) is 12.2. The molecular formula is C16H17ClN2O3S. The molecule has 7 heteroatoms. The lowest BCUT2D eigenvalue weighted by molar-refractivity contribution is 0.102. The van der Waals surface area contributed by atoms with E-state index < -0.39 is 10.0 Å². The molecule has 0 fully saturated rings. The van der Waals surface area contributed by atoms with Crippen LogP contribution < -0.4 is 10.0 Å². The van der Waals surface area contributed by atoms with E-state index in [2.05, 4.69) is 10.0 Å². The maximum atomic E-state index is 12.2. The van der Waals surface area contributed by atoms with Gasteiger partial charge in [0.05, 0.1) is 11.4 Å². The SMILES string of the molecule is CCS(=O)(=O)Nc1ccc(NC(=O)c2cccc(Cl)c2)cc1C. The fraction of sp³-hybridized carbons (Fsp3) is 0.188. The van der Waals surface area contributed by atoms with Crippen LogP contribution in [0.5, 0.6) is 0 Å². The van der Waals surface area contributed by atoms with Crippen molar-refractivity contribution in [2.24, 2.45) is 0 Å². The summed E-state index contributed by atoms with van der Waals surface area (Å²) in [6.45, 7) is 3.33. The third-order valence-electron chi connectivity index (χ3n) is 3.22. The van der Waals surface area contributed by atoms with Crippen LogP contribution in [0.1, 0.15) is 22.8 Å². The standard InChI is InChI=1S/C16H17ClN2O3S/c1-3-23(21,22)19-15-8-7-14(9-11(15)2)18-16(20)12-5-4-6-13(17)10-12/h4-10,19H,3H2,1-2H3,(H,18,20). The summed E-state index contributed by atoms with van der Waals surface area (Å²) < 4.78 is 25.7. The Hall–Kier alpha value is -2.05. The minimum absolute atomic E-state index is 0.000304. The highest BCUT2D eigenvalue weighted by molar-refractivity contribution is 7.92. The molecule has 2 aromatic rings. The Morgan fingerprint density at radius 3 is 2.52 bits per heavy atom. The molecule has 0 aliphatic carbocycles. The second-order valence-electron chi connectivity index (χ2n) is 5.00. The Kier molecular flexibility index (Phi) is 5.28. The van der Waals surface area contributed by atoms with Gasteiger partial charge in [-0.1, -0.05) is 17.7 Å². The molecule has 0 spiro atoms. The van der Waals surface area contributed by atoms with Crippen molar-refractivity contribution < 1.29 is 13.2 Å². The Morgan fingerprint density at radius 1 is 1.17 bits per heavy atom. The first-order chi connectivity index (χ1) is 10.8. The van der Waals surface area contributed by atoms with E-state index in [1.54, 1.807) is 56.3 Å². The number of nitrogens with one attached hydrogen (secondary N) is 2. The molecule has 0 aliphatic rings. The highest BCUT2D eigenvalue weighted by atomic mass is 35.5. The van der Waals surface area contributed by atoms with Gasteiger partial charge in [-0.25, -0.2) is 8.42 Å². The molecule has 0 saturated carbocycles. The van der Waals surface area contributed by atoms with Gasteiger partial charge in [0.2, 0.25) is 10.0 Å². The van der Waals surface area contributed by atoms with Crippen LogP contribution in [0.2, 0.25) is 5.02 Å². The van der Waals surface area contributed by atoms with E-state index in [0.717, 1.165) is 0 Å². The number of amides is 1. The molecule has 2 N–H and O–H groups in total. The average Bonchev–Trinajstić information content (AvgIpc) is 2.50. The van der Waals surface area contributed by atoms with Crippen LogP contribution in [0.15, 0.2) is 42.5 Å². The quantitative estimate of drug-likeness (QED) is 0.862. The molecule has 2 aromatic carbocycles. The van der Waals surface area contributed by atoms with E-state index in [0.29, 0.717) is 27.5 Å². The van der Waals surface area contributed by atoms with Gasteiger partial charge in [0.1, 0.15) is 0 Å². The first-order valence-corrected chi connectivity index (χ1v) is 9.02. The van der Waals surface area contributed by atoms with E-state index in [-0.39, 0.29) is 11.7 Å². The molecule has 1 amide bonds. The summed E-state index contributed by atoms with van der Waals surface area (Å²) in [6, 6.07) is 11.6. The summed E-state index contributed by atoms with van der Waals surface area (Å²) in [5, 5.41) is 3.24. The summed E-state index contributed by atoms with van der Waals surface area (Å²) >= 11 is 5.87. The second-order valence-corrected chi connectivity index (χ2v) is 7.45. The Morgan fingerprint density at radius 2 is 1.91 bits per heavy atom. The Balaban J connectivity index is 2.16. The fourth-order valence-electron chi connectivity index (χ4n) is 1.93. The third kappa shape index (κ3) is 4.71. The van der Waals surface area contributed by atoms with E-state index >= 15 is 0 Å². The lowest BCUT2D eigenvalue weighted by Crippen LogP contribution is -2.16. The van der Waals surface area contributed by atoms with Gasteiger partial charge in [-0.05, 0) is 55.8 Å². The van der Waals surface area contributed by atoms with E-state index in [1.165, 1.54) is 0 Å². The van der Waals surface area contributed by atoms with E-state index in [4.69, 9.17) is 11.6 Å². The van der Waals surface area contributed by atoms with Gasteiger partial charge in [0, 0.05) is 16.3 Å². The molecule has 5 nitrogen and oxygen atoms in total. The first kappa shape index (κ1) is 17.3. The highest BCUT2D eigenvalue weighted by Gasteiger charge is 2.11. The highest BCUT2D eigenvalue weighted by Crippen LogP contribution is 2.21. The van der Waals surface area contributed by atoms with Gasteiger partial charge in [0.15, 0.2) is 0 Å². The minimum Gasteiger partial charge on any atom is -0.322 e. The van der Waals surface area contributed by atoms with E-state index in [9.17, 15) is 13.2 Å². The topological polar surface area (TPSA) is 75.3 Å². The smallest absolute Gasteiger partial charge is 0.255 e. The monoisotopic (exact) mass is 352 g/mol. The predicted molar refractivity (Wildman–Crippen MR) is 93.7 cm³/mol. The van der Waals surface area contributed by atoms with Crippen LogP contribution in [-0.4, -0.2) is 20.1 Å². The number of sulfonamides is 1. The number of halogens is 1. The van der Waals surface area contributed by atoms with Crippen molar-refractivity contribution in [1.82, 2.24) is 0 Å². The molecule has 2 rings (SSSR count). The van der Waals surface area contributed by atoms with Crippen LogP contribution in [0.3, 0.4) is 0 Å². The zero-order valence-electron chi connectivity index (χ0n) is 12.8. The van der Waals surface area contributed by atoms with Crippen molar-refractivity contribution in [1.29, 1.82) is 0 Å². The van der Waals surface area contributed by atoms with Crippen molar-refractivity contribution in [3.63, 3.8) is 0 Å². The number of rotatable bonds is 5. The lowest BCUT2D eigenvalue weighted by atomic mass is 10.1.